The molecule has 1 aromatic carbocycles. The van der Waals surface area contributed by atoms with Crippen molar-refractivity contribution in [1.29, 1.82) is 0 Å². The molecule has 7 heteroatoms. The number of rotatable bonds is 3. The molecule has 0 amide bonds. The third kappa shape index (κ3) is 2.05. The summed E-state index contributed by atoms with van der Waals surface area (Å²) in [5.74, 6) is -0.995. The standard InChI is InChI=1S/C11H8N2O5/c1-6-9(11(14)15)12-10(18-6)7-3-2-4-8(5-7)13(16)17/h2-5H,1H3,(H,14,15). The van der Waals surface area contributed by atoms with Crippen LogP contribution in [-0.4, -0.2) is 21.0 Å². The Morgan fingerprint density at radius 3 is 2.78 bits per heavy atom. The lowest BCUT2D eigenvalue weighted by Crippen LogP contribution is -1.98. The van der Waals surface area contributed by atoms with Crippen LogP contribution in [0.15, 0.2) is 28.7 Å². The molecule has 2 rings (SSSR count). The van der Waals surface area contributed by atoms with E-state index in [1.165, 1.54) is 25.1 Å². The van der Waals surface area contributed by atoms with Crippen molar-refractivity contribution in [2.45, 2.75) is 6.92 Å². The molecule has 1 aromatic heterocycles. The van der Waals surface area contributed by atoms with Crippen molar-refractivity contribution in [2.24, 2.45) is 0 Å². The molecule has 1 heterocycles. The van der Waals surface area contributed by atoms with Gasteiger partial charge in [-0.3, -0.25) is 10.1 Å². The number of hydrogen-bond acceptors (Lipinski definition) is 5. The van der Waals surface area contributed by atoms with Crippen LogP contribution in [0.3, 0.4) is 0 Å². The number of aromatic carboxylic acids is 1. The van der Waals surface area contributed by atoms with Crippen LogP contribution < -0.4 is 0 Å². The Kier molecular flexibility index (Phi) is 2.80. The van der Waals surface area contributed by atoms with E-state index in [0.29, 0.717) is 5.56 Å². The molecule has 0 unspecified atom stereocenters. The fraction of sp³-hybridized carbons (Fsp3) is 0.0909. The van der Waals surface area contributed by atoms with Gasteiger partial charge in [0.15, 0.2) is 5.69 Å². The largest absolute Gasteiger partial charge is 0.476 e. The van der Waals surface area contributed by atoms with Gasteiger partial charge in [0.2, 0.25) is 5.89 Å². The number of nitro benzene ring substituents is 1. The number of nitrogens with zero attached hydrogens (tertiary/aromatic N) is 2. The second-order valence-electron chi connectivity index (χ2n) is 3.54. The van der Waals surface area contributed by atoms with Crippen LogP contribution in [0.5, 0.6) is 0 Å². The van der Waals surface area contributed by atoms with Crippen molar-refractivity contribution < 1.29 is 19.2 Å². The quantitative estimate of drug-likeness (QED) is 0.659. The van der Waals surface area contributed by atoms with Gasteiger partial charge >= 0.3 is 5.97 Å². The summed E-state index contributed by atoms with van der Waals surface area (Å²) in [5, 5.41) is 19.5. The van der Waals surface area contributed by atoms with Gasteiger partial charge in [-0.15, -0.1) is 0 Å². The Labute approximate surface area is 101 Å². The van der Waals surface area contributed by atoms with E-state index in [1.54, 1.807) is 6.07 Å². The van der Waals surface area contributed by atoms with E-state index in [4.69, 9.17) is 9.52 Å². The minimum atomic E-state index is -1.20. The maximum absolute atomic E-state index is 10.8. The average molecular weight is 248 g/mol. The smallest absolute Gasteiger partial charge is 0.358 e. The van der Waals surface area contributed by atoms with Gasteiger partial charge in [-0.2, -0.15) is 0 Å². The molecular formula is C11H8N2O5. The van der Waals surface area contributed by atoms with Gasteiger partial charge in [0.1, 0.15) is 5.76 Å². The highest BCUT2D eigenvalue weighted by Gasteiger charge is 2.18. The molecule has 0 fully saturated rings. The van der Waals surface area contributed by atoms with Crippen LogP contribution in [0.1, 0.15) is 16.2 Å². The van der Waals surface area contributed by atoms with E-state index in [2.05, 4.69) is 4.98 Å². The van der Waals surface area contributed by atoms with E-state index < -0.39 is 10.9 Å². The first-order valence-corrected chi connectivity index (χ1v) is 4.94. The van der Waals surface area contributed by atoms with Crippen LogP contribution in [-0.2, 0) is 0 Å². The zero-order chi connectivity index (χ0) is 13.3. The second-order valence-corrected chi connectivity index (χ2v) is 3.54. The predicted octanol–water partition coefficient (Wildman–Crippen LogP) is 2.26. The molecular weight excluding hydrogens is 240 g/mol. The molecule has 0 radical (unpaired) electrons. The van der Waals surface area contributed by atoms with Gasteiger partial charge in [0.25, 0.3) is 5.69 Å². The summed E-state index contributed by atoms with van der Waals surface area (Å²) in [4.78, 5) is 24.7. The summed E-state index contributed by atoms with van der Waals surface area (Å²) < 4.78 is 5.18. The lowest BCUT2D eigenvalue weighted by Gasteiger charge is -1.95. The molecule has 0 aliphatic rings. The van der Waals surface area contributed by atoms with E-state index in [0.717, 1.165) is 0 Å². The number of hydrogen-bond donors (Lipinski definition) is 1. The fourth-order valence-corrected chi connectivity index (χ4v) is 1.47. The van der Waals surface area contributed by atoms with Gasteiger partial charge in [-0.05, 0) is 13.0 Å². The zero-order valence-corrected chi connectivity index (χ0v) is 9.28. The summed E-state index contributed by atoms with van der Waals surface area (Å²) in [5.41, 5.74) is 0.0523. The number of carboxylic acid groups (broad SMARTS) is 1. The van der Waals surface area contributed by atoms with Gasteiger partial charge in [-0.25, -0.2) is 9.78 Å². The number of benzene rings is 1. The minimum Gasteiger partial charge on any atom is -0.476 e. The number of nitro groups is 1. The highest BCUT2D eigenvalue weighted by atomic mass is 16.6. The molecule has 7 nitrogen and oxygen atoms in total. The van der Waals surface area contributed by atoms with E-state index >= 15 is 0 Å². The lowest BCUT2D eigenvalue weighted by atomic mass is 10.2. The summed E-state index contributed by atoms with van der Waals surface area (Å²) >= 11 is 0. The van der Waals surface area contributed by atoms with E-state index in [-0.39, 0.29) is 23.0 Å². The Bertz CT molecular complexity index is 632. The SMILES string of the molecule is Cc1oc(-c2cccc([N+](=O)[O-])c2)nc1C(=O)O. The highest BCUT2D eigenvalue weighted by molar-refractivity contribution is 5.87. The Hall–Kier alpha value is -2.70. The van der Waals surface area contributed by atoms with Crippen molar-refractivity contribution >= 4 is 11.7 Å². The summed E-state index contributed by atoms with van der Waals surface area (Å²) in [6.45, 7) is 1.47. The van der Waals surface area contributed by atoms with Crippen molar-refractivity contribution in [3.8, 4) is 11.5 Å². The highest BCUT2D eigenvalue weighted by Crippen LogP contribution is 2.25. The Balaban J connectivity index is 2.49. The number of oxazole rings is 1. The maximum atomic E-state index is 10.8. The molecule has 1 N–H and O–H groups in total. The van der Waals surface area contributed by atoms with Crippen LogP contribution in [0, 0.1) is 17.0 Å². The molecule has 0 spiro atoms. The number of aromatic nitrogens is 1. The zero-order valence-electron chi connectivity index (χ0n) is 9.28. The second kappa shape index (κ2) is 4.28. The van der Waals surface area contributed by atoms with Gasteiger partial charge < -0.3 is 9.52 Å². The predicted molar refractivity (Wildman–Crippen MR) is 60.3 cm³/mol. The molecule has 18 heavy (non-hydrogen) atoms. The van der Waals surface area contributed by atoms with Crippen molar-refractivity contribution in [2.75, 3.05) is 0 Å². The summed E-state index contributed by atoms with van der Waals surface area (Å²) in [7, 11) is 0. The molecule has 0 aliphatic heterocycles. The number of carboxylic acids is 1. The molecule has 0 saturated carbocycles. The van der Waals surface area contributed by atoms with Crippen LogP contribution >= 0.6 is 0 Å². The summed E-state index contributed by atoms with van der Waals surface area (Å²) in [6.07, 6.45) is 0. The summed E-state index contributed by atoms with van der Waals surface area (Å²) in [6, 6.07) is 5.64. The monoisotopic (exact) mass is 248 g/mol. The first kappa shape index (κ1) is 11.8. The molecule has 0 bridgehead atoms. The minimum absolute atomic E-state index is 0.0496. The molecule has 0 saturated heterocycles. The van der Waals surface area contributed by atoms with E-state index in [9.17, 15) is 14.9 Å². The van der Waals surface area contributed by atoms with Crippen LogP contribution in [0.2, 0.25) is 0 Å². The third-order valence-corrected chi connectivity index (χ3v) is 2.30. The normalized spacial score (nSPS) is 10.3. The molecule has 0 aliphatic carbocycles. The van der Waals surface area contributed by atoms with Crippen molar-refractivity contribution in [3.63, 3.8) is 0 Å². The maximum Gasteiger partial charge on any atom is 0.358 e. The van der Waals surface area contributed by atoms with Gasteiger partial charge in [-0.1, -0.05) is 6.07 Å². The van der Waals surface area contributed by atoms with Gasteiger partial charge in [0.05, 0.1) is 4.92 Å². The van der Waals surface area contributed by atoms with Crippen molar-refractivity contribution in [3.05, 3.63) is 45.8 Å². The van der Waals surface area contributed by atoms with Gasteiger partial charge in [0, 0.05) is 17.7 Å². The number of aryl methyl sites for hydroxylation is 1. The van der Waals surface area contributed by atoms with Crippen LogP contribution in [0.25, 0.3) is 11.5 Å². The molecule has 2 aromatic rings. The third-order valence-electron chi connectivity index (χ3n) is 2.30. The fourth-order valence-electron chi connectivity index (χ4n) is 1.47. The lowest BCUT2D eigenvalue weighted by molar-refractivity contribution is -0.384. The topological polar surface area (TPSA) is 106 Å². The van der Waals surface area contributed by atoms with E-state index in [1.807, 2.05) is 0 Å². The van der Waals surface area contributed by atoms with Crippen molar-refractivity contribution in [1.82, 2.24) is 4.98 Å². The first-order chi connectivity index (χ1) is 8.49. The first-order valence-electron chi connectivity index (χ1n) is 4.94. The van der Waals surface area contributed by atoms with Crippen LogP contribution in [0.4, 0.5) is 5.69 Å². The Morgan fingerprint density at radius 2 is 2.22 bits per heavy atom. The average Bonchev–Trinajstić information content (AvgIpc) is 2.71. The number of carbonyl (C=O) groups is 1. The number of non-ortho nitro benzene ring substituents is 1. The molecule has 0 atom stereocenters. The Morgan fingerprint density at radius 1 is 1.50 bits per heavy atom. The molecule has 92 valence electrons.